The van der Waals surface area contributed by atoms with Gasteiger partial charge in [0.25, 0.3) is 0 Å². The van der Waals surface area contributed by atoms with Gasteiger partial charge in [0.1, 0.15) is 0 Å². The molecule has 2 atom stereocenters. The van der Waals surface area contributed by atoms with Crippen molar-refractivity contribution in [3.63, 3.8) is 0 Å². The lowest BCUT2D eigenvalue weighted by atomic mass is 9.97. The van der Waals surface area contributed by atoms with Crippen molar-refractivity contribution in [1.29, 1.82) is 0 Å². The number of hydrogen-bond acceptors (Lipinski definition) is 1. The molecule has 0 aliphatic carbocycles. The van der Waals surface area contributed by atoms with Crippen molar-refractivity contribution in [3.05, 3.63) is 24.3 Å². The first-order valence-corrected chi connectivity index (χ1v) is 8.64. The predicted octanol–water partition coefficient (Wildman–Crippen LogP) is 6.55. The Bertz CT molecular complexity index is 271. The fourth-order valence-corrected chi connectivity index (χ4v) is 2.62. The summed E-state index contributed by atoms with van der Waals surface area (Å²) in [5.41, 5.74) is 2.52. The number of allylic oxidation sites excluding steroid dienone is 2. The zero-order valence-electron chi connectivity index (χ0n) is 15.4. The molecule has 0 bridgehead atoms. The van der Waals surface area contributed by atoms with E-state index >= 15 is 0 Å². The van der Waals surface area contributed by atoms with E-state index in [0.717, 1.165) is 38.5 Å². The minimum absolute atomic E-state index is 0.371. The normalized spacial score (nSPS) is 14.5. The Kier molecular flexibility index (Phi) is 10.8. The summed E-state index contributed by atoms with van der Waals surface area (Å²) in [6.45, 7) is 21.4. The van der Waals surface area contributed by atoms with Crippen molar-refractivity contribution >= 4 is 0 Å². The first-order chi connectivity index (χ1) is 9.70. The largest absolute Gasteiger partial charge is 0.375 e. The first kappa shape index (κ1) is 20.4. The van der Waals surface area contributed by atoms with Crippen LogP contribution in [0.15, 0.2) is 24.3 Å². The Morgan fingerprint density at radius 1 is 0.762 bits per heavy atom. The van der Waals surface area contributed by atoms with Crippen molar-refractivity contribution in [3.8, 4) is 0 Å². The van der Waals surface area contributed by atoms with Gasteiger partial charge in [-0.15, -0.1) is 13.2 Å². The van der Waals surface area contributed by atoms with Crippen LogP contribution in [-0.2, 0) is 4.74 Å². The molecule has 2 unspecified atom stereocenters. The minimum atomic E-state index is 0.371. The van der Waals surface area contributed by atoms with Gasteiger partial charge in [-0.25, -0.2) is 0 Å². The van der Waals surface area contributed by atoms with Gasteiger partial charge in [-0.1, -0.05) is 38.8 Å². The number of ether oxygens (including phenoxy) is 1. The van der Waals surface area contributed by atoms with Crippen molar-refractivity contribution in [1.82, 2.24) is 0 Å². The summed E-state index contributed by atoms with van der Waals surface area (Å²) in [4.78, 5) is 0. The van der Waals surface area contributed by atoms with Gasteiger partial charge >= 0.3 is 0 Å². The smallest absolute Gasteiger partial charge is 0.0584 e. The average Bonchev–Trinajstić information content (AvgIpc) is 2.31. The van der Waals surface area contributed by atoms with Gasteiger partial charge in [0, 0.05) is 0 Å². The summed E-state index contributed by atoms with van der Waals surface area (Å²) < 4.78 is 6.49. The van der Waals surface area contributed by atoms with Crippen LogP contribution in [0.3, 0.4) is 0 Å². The second-order valence-corrected chi connectivity index (χ2v) is 7.63. The number of rotatable bonds is 12. The predicted molar refractivity (Wildman–Crippen MR) is 95.7 cm³/mol. The van der Waals surface area contributed by atoms with Crippen LogP contribution >= 0.6 is 0 Å². The molecule has 0 saturated carbocycles. The van der Waals surface area contributed by atoms with Gasteiger partial charge < -0.3 is 4.74 Å². The molecule has 0 aromatic rings. The van der Waals surface area contributed by atoms with Gasteiger partial charge in [0.15, 0.2) is 0 Å². The van der Waals surface area contributed by atoms with Crippen molar-refractivity contribution in [2.75, 3.05) is 0 Å². The second-order valence-electron chi connectivity index (χ2n) is 7.63. The lowest BCUT2D eigenvalue weighted by Gasteiger charge is -2.28. The maximum absolute atomic E-state index is 6.49. The molecule has 0 amide bonds. The lowest BCUT2D eigenvalue weighted by molar-refractivity contribution is -0.0382. The molecule has 0 aromatic carbocycles. The van der Waals surface area contributed by atoms with Gasteiger partial charge in [0.2, 0.25) is 0 Å². The van der Waals surface area contributed by atoms with Crippen molar-refractivity contribution in [2.45, 2.75) is 92.3 Å². The van der Waals surface area contributed by atoms with Crippen LogP contribution in [0.1, 0.15) is 80.1 Å². The Balaban J connectivity index is 4.57. The quantitative estimate of drug-likeness (QED) is 0.371. The van der Waals surface area contributed by atoms with Gasteiger partial charge in [-0.2, -0.15) is 0 Å². The molecule has 0 fully saturated rings. The summed E-state index contributed by atoms with van der Waals surface area (Å²) in [5.74, 6) is 1.36. The summed E-state index contributed by atoms with van der Waals surface area (Å²) in [7, 11) is 0. The van der Waals surface area contributed by atoms with Crippen LogP contribution in [0.25, 0.3) is 0 Å². The molecule has 124 valence electrons. The third-order valence-corrected chi connectivity index (χ3v) is 3.64. The van der Waals surface area contributed by atoms with Crippen LogP contribution < -0.4 is 0 Å². The van der Waals surface area contributed by atoms with E-state index in [9.17, 15) is 0 Å². The maximum atomic E-state index is 6.49. The molecule has 0 radical (unpaired) electrons. The van der Waals surface area contributed by atoms with Gasteiger partial charge in [-0.05, 0) is 64.2 Å². The second kappa shape index (κ2) is 11.1. The molecular weight excluding hydrogens is 256 g/mol. The average molecular weight is 295 g/mol. The molecule has 21 heavy (non-hydrogen) atoms. The van der Waals surface area contributed by atoms with Crippen LogP contribution in [0, 0.1) is 11.8 Å². The molecule has 1 nitrogen and oxygen atoms in total. The van der Waals surface area contributed by atoms with E-state index < -0.39 is 0 Å². The third kappa shape index (κ3) is 12.9. The van der Waals surface area contributed by atoms with Gasteiger partial charge in [-0.3, -0.25) is 0 Å². The van der Waals surface area contributed by atoms with E-state index in [0.29, 0.717) is 24.0 Å². The number of hydrogen-bond donors (Lipinski definition) is 0. The Hall–Kier alpha value is -0.560. The van der Waals surface area contributed by atoms with E-state index in [4.69, 9.17) is 4.74 Å². The summed E-state index contributed by atoms with van der Waals surface area (Å²) >= 11 is 0. The van der Waals surface area contributed by atoms with Crippen molar-refractivity contribution < 1.29 is 4.74 Å². The highest BCUT2D eigenvalue weighted by atomic mass is 16.5. The topological polar surface area (TPSA) is 9.23 Å². The summed E-state index contributed by atoms with van der Waals surface area (Å²) in [5, 5.41) is 0. The highest BCUT2D eigenvalue weighted by Gasteiger charge is 2.19. The van der Waals surface area contributed by atoms with E-state index in [2.05, 4.69) is 54.7 Å². The fraction of sp³-hybridized carbons (Fsp3) is 0.800. The maximum Gasteiger partial charge on any atom is 0.0584 e. The zero-order chi connectivity index (χ0) is 16.4. The molecule has 0 heterocycles. The Morgan fingerprint density at radius 3 is 1.33 bits per heavy atom. The molecule has 0 aliphatic heterocycles. The van der Waals surface area contributed by atoms with Gasteiger partial charge in [0.05, 0.1) is 12.2 Å². The molecule has 0 saturated heterocycles. The lowest BCUT2D eigenvalue weighted by Crippen LogP contribution is -2.25. The molecule has 1 heteroatoms. The Labute approximate surface area is 133 Å². The molecule has 0 rings (SSSR count). The Morgan fingerprint density at radius 2 is 1.10 bits per heavy atom. The SMILES string of the molecule is C=C(C)CCC(CC(C)C)OC(CCC(=C)C)CC(C)C. The minimum Gasteiger partial charge on any atom is -0.375 e. The van der Waals surface area contributed by atoms with Crippen LogP contribution in [0.4, 0.5) is 0 Å². The monoisotopic (exact) mass is 294 g/mol. The summed E-state index contributed by atoms with van der Waals surface area (Å²) in [6.07, 6.45) is 7.40. The molecule has 0 spiro atoms. The van der Waals surface area contributed by atoms with E-state index in [1.54, 1.807) is 0 Å². The molecule has 0 N–H and O–H groups in total. The van der Waals surface area contributed by atoms with Crippen molar-refractivity contribution in [2.24, 2.45) is 11.8 Å². The van der Waals surface area contributed by atoms with E-state index in [1.165, 1.54) is 11.1 Å². The van der Waals surface area contributed by atoms with E-state index in [-0.39, 0.29) is 0 Å². The third-order valence-electron chi connectivity index (χ3n) is 3.64. The molecular formula is C20H38O. The van der Waals surface area contributed by atoms with Crippen LogP contribution in [-0.4, -0.2) is 12.2 Å². The standard InChI is InChI=1S/C20H38O/c1-15(2)9-11-19(13-17(5)6)21-20(14-18(7)8)12-10-16(3)4/h17-20H,1,3,9-14H2,2,4-8H3. The summed E-state index contributed by atoms with van der Waals surface area (Å²) in [6, 6.07) is 0. The first-order valence-electron chi connectivity index (χ1n) is 8.64. The van der Waals surface area contributed by atoms with Crippen LogP contribution in [0.2, 0.25) is 0 Å². The molecule has 0 aliphatic rings. The fourth-order valence-electron chi connectivity index (χ4n) is 2.62. The van der Waals surface area contributed by atoms with Crippen LogP contribution in [0.5, 0.6) is 0 Å². The zero-order valence-corrected chi connectivity index (χ0v) is 15.4. The highest BCUT2D eigenvalue weighted by Crippen LogP contribution is 2.23. The molecule has 0 aromatic heterocycles. The van der Waals surface area contributed by atoms with E-state index in [1.807, 2.05) is 0 Å². The highest BCUT2D eigenvalue weighted by molar-refractivity contribution is 4.90.